The zero-order chi connectivity index (χ0) is 22.4. The van der Waals surface area contributed by atoms with Crippen LogP contribution in [0.3, 0.4) is 0 Å². The zero-order valence-electron chi connectivity index (χ0n) is 14.5. The van der Waals surface area contributed by atoms with Crippen molar-refractivity contribution >= 4 is 74.1 Å². The van der Waals surface area contributed by atoms with Crippen molar-refractivity contribution in [3.05, 3.63) is 60.9 Å². The summed E-state index contributed by atoms with van der Waals surface area (Å²) >= 11 is 15.2. The lowest BCUT2D eigenvalue weighted by atomic mass is 10.1. The third-order valence-electron chi connectivity index (χ3n) is 4.00. The Balaban J connectivity index is 2.12. The first-order valence-electron chi connectivity index (χ1n) is 7.89. The van der Waals surface area contributed by atoms with E-state index in [4.69, 9.17) is 43.5 Å². The molecule has 0 radical (unpaired) electrons. The quantitative estimate of drug-likeness (QED) is 0.326. The second-order valence-electron chi connectivity index (χ2n) is 6.08. The van der Waals surface area contributed by atoms with Gasteiger partial charge in [0.25, 0.3) is 0 Å². The minimum atomic E-state index is -5.80. The molecule has 0 saturated heterocycles. The number of carbonyl (C=O) groups excluding carboxylic acids is 1. The van der Waals surface area contributed by atoms with Crippen LogP contribution in [0.15, 0.2) is 34.8 Å². The molecule has 6 nitrogen and oxygen atoms in total. The molecule has 0 atom stereocenters. The average molecular weight is 561 g/mol. The van der Waals surface area contributed by atoms with Crippen molar-refractivity contribution in [2.45, 2.75) is 12.3 Å². The molecule has 0 aliphatic heterocycles. The second-order valence-corrected chi connectivity index (χ2v) is 10.4. The first-order valence-corrected chi connectivity index (χ1v) is 11.9. The summed E-state index contributed by atoms with van der Waals surface area (Å²) in [5, 5.41) is 0.727. The van der Waals surface area contributed by atoms with Crippen molar-refractivity contribution in [3.63, 3.8) is 0 Å². The third kappa shape index (κ3) is 4.36. The summed E-state index contributed by atoms with van der Waals surface area (Å²) in [6.07, 6.45) is 0. The maximum atomic E-state index is 14.3. The maximum Gasteiger partial charge on any atom is 0.400 e. The van der Waals surface area contributed by atoms with Gasteiger partial charge in [-0.05, 0) is 45.8 Å². The van der Waals surface area contributed by atoms with E-state index in [-0.39, 0.29) is 37.5 Å². The Bertz CT molecular complexity index is 1220. The third-order valence-corrected chi connectivity index (χ3v) is 8.22. The summed E-state index contributed by atoms with van der Waals surface area (Å²) in [5.74, 6) is -0.802. The molecule has 2 aromatic carbocycles. The molecule has 4 N–H and O–H groups in total. The number of thiophene rings is 1. The Hall–Kier alpha value is -1.26. The number of alkyl halides is 2. The molecule has 3 rings (SSSR count). The Morgan fingerprint density at radius 2 is 1.90 bits per heavy atom. The van der Waals surface area contributed by atoms with E-state index in [1.165, 1.54) is 12.1 Å². The number of rotatable bonds is 6. The number of primary amides is 1. The predicted octanol–water partition coefficient (Wildman–Crippen LogP) is 5.88. The van der Waals surface area contributed by atoms with Gasteiger partial charge in [-0.2, -0.15) is 8.78 Å². The molecular formula is C17H11BrCl2F2NO5PS. The fourth-order valence-corrected chi connectivity index (χ4v) is 5.80. The molecule has 0 bridgehead atoms. The number of hydrogen-bond donors (Lipinski definition) is 3. The summed E-state index contributed by atoms with van der Waals surface area (Å²) in [5.41, 5.74) is 1.46. The van der Waals surface area contributed by atoms with Gasteiger partial charge in [-0.25, -0.2) is 0 Å². The van der Waals surface area contributed by atoms with Crippen molar-refractivity contribution in [1.82, 2.24) is 0 Å². The number of fused-ring (bicyclic) bond motifs is 1. The number of hydrogen-bond acceptors (Lipinski definition) is 4. The predicted molar refractivity (Wildman–Crippen MR) is 115 cm³/mol. The van der Waals surface area contributed by atoms with Gasteiger partial charge in [0, 0.05) is 15.4 Å². The second kappa shape index (κ2) is 8.35. The van der Waals surface area contributed by atoms with Gasteiger partial charge in [0.05, 0.1) is 14.7 Å². The van der Waals surface area contributed by atoms with E-state index >= 15 is 0 Å². The minimum Gasteiger partial charge on any atom is -0.487 e. The van der Waals surface area contributed by atoms with E-state index in [2.05, 4.69) is 15.9 Å². The van der Waals surface area contributed by atoms with Crippen LogP contribution in [0.4, 0.5) is 8.78 Å². The van der Waals surface area contributed by atoms with Crippen molar-refractivity contribution in [3.8, 4) is 5.75 Å². The number of carbonyl (C=O) groups is 1. The lowest BCUT2D eigenvalue weighted by Crippen LogP contribution is -2.12. The molecule has 0 aliphatic carbocycles. The smallest absolute Gasteiger partial charge is 0.400 e. The summed E-state index contributed by atoms with van der Waals surface area (Å²) in [4.78, 5) is 28.9. The van der Waals surface area contributed by atoms with Crippen LogP contribution >= 0.6 is 58.1 Å². The fraction of sp³-hybridized carbons (Fsp3) is 0.118. The number of benzene rings is 2. The van der Waals surface area contributed by atoms with Gasteiger partial charge in [-0.15, -0.1) is 11.3 Å². The minimum absolute atomic E-state index is 0.0313. The lowest BCUT2D eigenvalue weighted by molar-refractivity contribution is 0.0595. The van der Waals surface area contributed by atoms with Gasteiger partial charge >= 0.3 is 13.3 Å². The van der Waals surface area contributed by atoms with Crippen LogP contribution in [-0.4, -0.2) is 15.7 Å². The monoisotopic (exact) mass is 559 g/mol. The molecule has 1 heterocycles. The van der Waals surface area contributed by atoms with Gasteiger partial charge in [0.2, 0.25) is 5.91 Å². The van der Waals surface area contributed by atoms with Crippen molar-refractivity contribution in [1.29, 1.82) is 0 Å². The molecule has 1 aromatic heterocycles. The Morgan fingerprint density at radius 3 is 2.47 bits per heavy atom. The van der Waals surface area contributed by atoms with Gasteiger partial charge in [-0.1, -0.05) is 29.3 Å². The standard InChI is InChI=1S/C17H11BrCl2F2NO5PS/c18-13-9-4-8(16(23)24)5-12(28-6-7-1-2-10(19)11(20)3-7)14(9)30-15(13)17(21,22)29(25,26)27/h1-5H,6H2,(H2,23,24)(H2,25,26,27). The number of amides is 1. The summed E-state index contributed by atoms with van der Waals surface area (Å²) in [6, 6.07) is 7.25. The van der Waals surface area contributed by atoms with Crippen LogP contribution < -0.4 is 10.5 Å². The number of ether oxygens (including phenoxy) is 1. The van der Waals surface area contributed by atoms with E-state index in [1.807, 2.05) is 0 Å². The summed E-state index contributed by atoms with van der Waals surface area (Å²) in [6.45, 7) is -0.0477. The highest BCUT2D eigenvalue weighted by Gasteiger charge is 2.53. The largest absolute Gasteiger partial charge is 0.487 e. The van der Waals surface area contributed by atoms with Crippen molar-refractivity contribution in [2.24, 2.45) is 5.73 Å². The Labute approximate surface area is 190 Å². The first-order chi connectivity index (χ1) is 13.8. The summed E-state index contributed by atoms with van der Waals surface area (Å²) < 4.78 is 45.6. The lowest BCUT2D eigenvalue weighted by Gasteiger charge is -2.16. The highest BCUT2D eigenvalue weighted by atomic mass is 79.9. The molecular weight excluding hydrogens is 550 g/mol. The zero-order valence-corrected chi connectivity index (χ0v) is 19.3. The summed E-state index contributed by atoms with van der Waals surface area (Å²) in [7, 11) is -5.80. The van der Waals surface area contributed by atoms with E-state index in [0.29, 0.717) is 21.9 Å². The fourth-order valence-electron chi connectivity index (χ4n) is 2.51. The van der Waals surface area contributed by atoms with Gasteiger partial charge < -0.3 is 20.3 Å². The highest BCUT2D eigenvalue weighted by molar-refractivity contribution is 9.10. The van der Waals surface area contributed by atoms with Crippen molar-refractivity contribution < 1.29 is 32.7 Å². The van der Waals surface area contributed by atoms with Gasteiger partial charge in [0.1, 0.15) is 17.2 Å². The molecule has 1 amide bonds. The van der Waals surface area contributed by atoms with E-state index in [0.717, 1.165) is 0 Å². The number of nitrogens with two attached hydrogens (primary N) is 1. The van der Waals surface area contributed by atoms with Gasteiger partial charge in [-0.3, -0.25) is 9.36 Å². The Morgan fingerprint density at radius 1 is 1.23 bits per heavy atom. The first kappa shape index (κ1) is 23.4. The molecule has 0 spiro atoms. The molecule has 0 aliphatic rings. The van der Waals surface area contributed by atoms with Gasteiger partial charge in [0.15, 0.2) is 0 Å². The maximum absolute atomic E-state index is 14.3. The van der Waals surface area contributed by atoms with Crippen LogP contribution in [0.1, 0.15) is 20.8 Å². The van der Waals surface area contributed by atoms with Crippen LogP contribution in [0, 0.1) is 0 Å². The normalized spacial score (nSPS) is 12.4. The van der Waals surface area contributed by atoms with Crippen molar-refractivity contribution in [2.75, 3.05) is 0 Å². The van der Waals surface area contributed by atoms with Crippen LogP contribution in [0.5, 0.6) is 5.75 Å². The molecule has 0 unspecified atom stereocenters. The van der Waals surface area contributed by atoms with Crippen LogP contribution in [-0.2, 0) is 16.8 Å². The molecule has 0 saturated carbocycles. The molecule has 30 heavy (non-hydrogen) atoms. The van der Waals surface area contributed by atoms with Crippen LogP contribution in [0.2, 0.25) is 10.0 Å². The van der Waals surface area contributed by atoms with E-state index < -0.39 is 24.0 Å². The molecule has 13 heteroatoms. The molecule has 0 fully saturated rings. The molecule has 3 aromatic rings. The Kier molecular flexibility index (Phi) is 6.51. The average Bonchev–Trinajstić information content (AvgIpc) is 2.99. The van der Waals surface area contributed by atoms with E-state index in [9.17, 15) is 18.1 Å². The number of halogens is 5. The van der Waals surface area contributed by atoms with Crippen LogP contribution in [0.25, 0.3) is 10.1 Å². The van der Waals surface area contributed by atoms with E-state index in [1.54, 1.807) is 18.2 Å². The highest BCUT2D eigenvalue weighted by Crippen LogP contribution is 2.63. The topological polar surface area (TPSA) is 110 Å². The molecule has 160 valence electrons. The SMILES string of the molecule is NC(=O)c1cc(OCc2ccc(Cl)c(Cl)c2)c2sc(C(F)(F)P(=O)(O)O)c(Br)c2c1.